The third-order valence-electron chi connectivity index (χ3n) is 2.84. The molecule has 0 heterocycles. The summed E-state index contributed by atoms with van der Waals surface area (Å²) in [4.78, 5) is 12.9. The van der Waals surface area contributed by atoms with E-state index in [9.17, 15) is 4.79 Å². The Morgan fingerprint density at radius 2 is 1.95 bits per heavy atom. The van der Waals surface area contributed by atoms with Crippen molar-refractivity contribution in [3.63, 3.8) is 0 Å². The number of hydrogen-bond donors (Lipinski definition) is 1. The van der Waals surface area contributed by atoms with Gasteiger partial charge in [-0.1, -0.05) is 48.0 Å². The maximum absolute atomic E-state index is 12.2. The zero-order chi connectivity index (χ0) is 15.2. The minimum absolute atomic E-state index is 0.298. The molecule has 0 aliphatic carbocycles. The number of nitrogen functional groups attached to an aromatic ring is 1. The molecule has 2 N–H and O–H groups in total. The van der Waals surface area contributed by atoms with Crippen LogP contribution >= 0.6 is 23.4 Å². The van der Waals surface area contributed by atoms with Crippen LogP contribution in [-0.4, -0.2) is 12.6 Å². The molecule has 0 amide bonds. The number of carbonyl (C=O) groups is 1. The van der Waals surface area contributed by atoms with Crippen LogP contribution in [0, 0.1) is 0 Å². The number of benzene rings is 2. The molecular weight excluding hydrogens is 306 g/mol. The van der Waals surface area contributed by atoms with Crippen LogP contribution < -0.4 is 5.73 Å². The zero-order valence-corrected chi connectivity index (χ0v) is 13.2. The van der Waals surface area contributed by atoms with Crippen molar-refractivity contribution in [1.82, 2.24) is 0 Å². The molecular formula is C16H16ClNO2S. The topological polar surface area (TPSA) is 52.3 Å². The van der Waals surface area contributed by atoms with Crippen LogP contribution in [0.15, 0.2) is 53.4 Å². The summed E-state index contributed by atoms with van der Waals surface area (Å²) in [6.07, 6.45) is 0. The van der Waals surface area contributed by atoms with Gasteiger partial charge in [-0.2, -0.15) is 0 Å². The highest BCUT2D eigenvalue weighted by atomic mass is 35.5. The van der Waals surface area contributed by atoms with E-state index in [1.165, 1.54) is 11.8 Å². The quantitative estimate of drug-likeness (QED) is 0.506. The largest absolute Gasteiger partial charge is 0.465 e. The van der Waals surface area contributed by atoms with Gasteiger partial charge in [0.1, 0.15) is 5.25 Å². The molecule has 2 rings (SSSR count). The molecule has 110 valence electrons. The third-order valence-corrected chi connectivity index (χ3v) is 4.65. The second kappa shape index (κ2) is 7.38. The first-order valence-corrected chi connectivity index (χ1v) is 7.81. The normalized spacial score (nSPS) is 11.9. The van der Waals surface area contributed by atoms with Gasteiger partial charge in [-0.25, -0.2) is 0 Å². The summed E-state index contributed by atoms with van der Waals surface area (Å²) in [6.45, 7) is 2.12. The van der Waals surface area contributed by atoms with Crippen molar-refractivity contribution in [3.8, 4) is 0 Å². The van der Waals surface area contributed by atoms with E-state index >= 15 is 0 Å². The molecule has 21 heavy (non-hydrogen) atoms. The van der Waals surface area contributed by atoms with Gasteiger partial charge in [-0.3, -0.25) is 4.79 Å². The van der Waals surface area contributed by atoms with E-state index in [0.717, 1.165) is 5.56 Å². The number of carbonyl (C=O) groups excluding carboxylic acids is 1. The van der Waals surface area contributed by atoms with Gasteiger partial charge in [0.25, 0.3) is 0 Å². The van der Waals surface area contributed by atoms with E-state index in [2.05, 4.69) is 0 Å². The number of hydrogen-bond acceptors (Lipinski definition) is 4. The van der Waals surface area contributed by atoms with Crippen LogP contribution in [0.3, 0.4) is 0 Å². The fourth-order valence-corrected chi connectivity index (χ4v) is 3.26. The van der Waals surface area contributed by atoms with Gasteiger partial charge in [-0.15, -0.1) is 11.8 Å². The summed E-state index contributed by atoms with van der Waals surface area (Å²) in [5.74, 6) is -0.298. The fourth-order valence-electron chi connectivity index (χ4n) is 1.87. The van der Waals surface area contributed by atoms with E-state index in [1.807, 2.05) is 30.3 Å². The Morgan fingerprint density at radius 1 is 1.24 bits per heavy atom. The van der Waals surface area contributed by atoms with Crippen LogP contribution in [0.25, 0.3) is 0 Å². The van der Waals surface area contributed by atoms with E-state index in [1.54, 1.807) is 25.1 Å². The molecule has 0 saturated heterocycles. The number of ether oxygens (including phenoxy) is 1. The minimum Gasteiger partial charge on any atom is -0.465 e. The molecule has 0 radical (unpaired) electrons. The monoisotopic (exact) mass is 321 g/mol. The van der Waals surface area contributed by atoms with Crippen molar-refractivity contribution >= 4 is 35.0 Å². The van der Waals surface area contributed by atoms with Gasteiger partial charge < -0.3 is 10.5 Å². The molecule has 0 aliphatic rings. The lowest BCUT2D eigenvalue weighted by Gasteiger charge is -2.17. The number of halogens is 1. The molecule has 1 unspecified atom stereocenters. The lowest BCUT2D eigenvalue weighted by molar-refractivity contribution is -0.142. The summed E-state index contributed by atoms with van der Waals surface area (Å²) in [5.41, 5.74) is 7.38. The minimum atomic E-state index is -0.492. The Kier molecular flexibility index (Phi) is 5.53. The van der Waals surface area contributed by atoms with Crippen molar-refractivity contribution in [1.29, 1.82) is 0 Å². The van der Waals surface area contributed by atoms with Crippen molar-refractivity contribution in [3.05, 3.63) is 59.1 Å². The highest BCUT2D eigenvalue weighted by Crippen LogP contribution is 2.42. The van der Waals surface area contributed by atoms with Gasteiger partial charge in [0, 0.05) is 5.69 Å². The lowest BCUT2D eigenvalue weighted by atomic mass is 10.1. The van der Waals surface area contributed by atoms with Gasteiger partial charge in [0.15, 0.2) is 0 Å². The Hall–Kier alpha value is -1.65. The van der Waals surface area contributed by atoms with Crippen LogP contribution in [0.2, 0.25) is 5.02 Å². The summed E-state index contributed by atoms with van der Waals surface area (Å²) in [7, 11) is 0. The summed E-state index contributed by atoms with van der Waals surface area (Å²) < 4.78 is 5.17. The van der Waals surface area contributed by atoms with Crippen molar-refractivity contribution < 1.29 is 9.53 Å². The molecule has 2 aromatic rings. The molecule has 0 aliphatic heterocycles. The summed E-state index contributed by atoms with van der Waals surface area (Å²) in [5, 5.41) is 0.0404. The van der Waals surface area contributed by atoms with E-state index < -0.39 is 5.25 Å². The number of rotatable bonds is 5. The van der Waals surface area contributed by atoms with Gasteiger partial charge >= 0.3 is 5.97 Å². The van der Waals surface area contributed by atoms with E-state index in [-0.39, 0.29) is 5.97 Å². The lowest BCUT2D eigenvalue weighted by Crippen LogP contribution is -2.13. The number of nitrogens with two attached hydrogens (primary N) is 1. The average Bonchev–Trinajstić information content (AvgIpc) is 2.48. The number of thioether (sulfide) groups is 1. The molecule has 1 atom stereocenters. The summed E-state index contributed by atoms with van der Waals surface area (Å²) in [6, 6.07) is 14.8. The SMILES string of the molecule is CCOC(=O)C(Sc1c(N)cccc1Cl)c1ccccc1. The standard InChI is InChI=1S/C16H16ClNO2S/c1-2-20-16(19)14(11-7-4-3-5-8-11)21-15-12(17)9-6-10-13(15)18/h3-10,14H,2,18H2,1H3. The average molecular weight is 322 g/mol. The van der Waals surface area contributed by atoms with Gasteiger partial charge in [0.05, 0.1) is 16.5 Å². The third kappa shape index (κ3) is 3.93. The zero-order valence-electron chi connectivity index (χ0n) is 11.6. The van der Waals surface area contributed by atoms with Crippen LogP contribution in [0.5, 0.6) is 0 Å². The van der Waals surface area contributed by atoms with Crippen molar-refractivity contribution in [2.45, 2.75) is 17.1 Å². The van der Waals surface area contributed by atoms with Gasteiger partial charge in [-0.05, 0) is 24.6 Å². The molecule has 0 spiro atoms. The van der Waals surface area contributed by atoms with Crippen molar-refractivity contribution in [2.24, 2.45) is 0 Å². The van der Waals surface area contributed by atoms with Crippen LogP contribution in [-0.2, 0) is 9.53 Å². The highest BCUT2D eigenvalue weighted by Gasteiger charge is 2.25. The first-order valence-electron chi connectivity index (χ1n) is 6.55. The maximum Gasteiger partial charge on any atom is 0.323 e. The van der Waals surface area contributed by atoms with Crippen molar-refractivity contribution in [2.75, 3.05) is 12.3 Å². The molecule has 0 fully saturated rings. The second-order valence-electron chi connectivity index (χ2n) is 4.32. The first kappa shape index (κ1) is 15.7. The summed E-state index contributed by atoms with van der Waals surface area (Å²) >= 11 is 7.50. The highest BCUT2D eigenvalue weighted by molar-refractivity contribution is 8.00. The number of esters is 1. The van der Waals surface area contributed by atoms with E-state index in [0.29, 0.717) is 22.2 Å². The molecule has 5 heteroatoms. The molecule has 0 aromatic heterocycles. The Morgan fingerprint density at radius 3 is 2.57 bits per heavy atom. The van der Waals surface area contributed by atoms with Gasteiger partial charge in [0.2, 0.25) is 0 Å². The number of anilines is 1. The van der Waals surface area contributed by atoms with E-state index in [4.69, 9.17) is 22.1 Å². The van der Waals surface area contributed by atoms with Crippen LogP contribution in [0.1, 0.15) is 17.7 Å². The molecule has 2 aromatic carbocycles. The second-order valence-corrected chi connectivity index (χ2v) is 5.84. The Labute approximate surface area is 133 Å². The smallest absolute Gasteiger partial charge is 0.323 e. The Bertz CT molecular complexity index is 599. The Balaban J connectivity index is 2.35. The predicted molar refractivity (Wildman–Crippen MR) is 87.5 cm³/mol. The predicted octanol–water partition coefficient (Wildman–Crippen LogP) is 4.32. The molecule has 0 bridgehead atoms. The first-order chi connectivity index (χ1) is 10.1. The fraction of sp³-hybridized carbons (Fsp3) is 0.188. The molecule has 0 saturated carbocycles. The van der Waals surface area contributed by atoms with Crippen LogP contribution in [0.4, 0.5) is 5.69 Å². The maximum atomic E-state index is 12.2. The molecule has 3 nitrogen and oxygen atoms in total.